The van der Waals surface area contributed by atoms with Gasteiger partial charge >= 0.3 is 5.97 Å². The molecule has 1 fully saturated rings. The topological polar surface area (TPSA) is 26.3 Å². The quantitative estimate of drug-likeness (QED) is 0.364. The Morgan fingerprint density at radius 1 is 1.69 bits per heavy atom. The largest absolute Gasteiger partial charge is 0.459 e. The summed E-state index contributed by atoms with van der Waals surface area (Å²) >= 11 is 1.98. The normalized spacial score (nSPS) is 21.5. The van der Waals surface area contributed by atoms with Crippen LogP contribution in [0.3, 0.4) is 0 Å². The van der Waals surface area contributed by atoms with E-state index >= 15 is 0 Å². The van der Waals surface area contributed by atoms with Crippen LogP contribution < -0.4 is 0 Å². The van der Waals surface area contributed by atoms with Crippen molar-refractivity contribution in [3.63, 3.8) is 0 Å². The highest BCUT2D eigenvalue weighted by Crippen LogP contribution is 2.24. The summed E-state index contributed by atoms with van der Waals surface area (Å²) in [6.07, 6.45) is 3.38. The fraction of sp³-hybridized carbons (Fsp3) is 0.700. The van der Waals surface area contributed by atoms with Crippen LogP contribution in [0.25, 0.3) is 0 Å². The molecule has 0 spiro atoms. The maximum absolute atomic E-state index is 10.7. The Bertz CT molecular complexity index is 221. The molecule has 1 aliphatic rings. The number of carbonyl (C=O) groups excluding carboxylic acids is 1. The van der Waals surface area contributed by atoms with Gasteiger partial charge in [0.2, 0.25) is 0 Å². The molecular weight excluding hydrogens is 184 g/mol. The average molecular weight is 198 g/mol. The number of ether oxygens (including phenoxy) is 1. The van der Waals surface area contributed by atoms with E-state index in [-0.39, 0.29) is 0 Å². The predicted octanol–water partition coefficient (Wildman–Crippen LogP) is 1.70. The van der Waals surface area contributed by atoms with Gasteiger partial charge in [0.15, 0.2) is 0 Å². The molecule has 0 radical (unpaired) electrons. The highest BCUT2D eigenvalue weighted by Gasteiger charge is 2.11. The molecule has 1 heterocycles. The van der Waals surface area contributed by atoms with Gasteiger partial charge in [0, 0.05) is 12.3 Å². The first-order chi connectivity index (χ1) is 6.33. The van der Waals surface area contributed by atoms with E-state index in [2.05, 4.69) is 16.6 Å². The highest BCUT2D eigenvalue weighted by atomic mass is 32.2. The second-order valence-electron chi connectivity index (χ2n) is 3.08. The van der Waals surface area contributed by atoms with E-state index in [9.17, 15) is 4.79 Å². The number of thioether (sulfide) groups is 1. The van der Waals surface area contributed by atoms with E-state index in [1.807, 2.05) is 11.8 Å². The van der Waals surface area contributed by atoms with Gasteiger partial charge in [-0.3, -0.25) is 0 Å². The third-order valence-corrected chi connectivity index (χ3v) is 3.31. The van der Waals surface area contributed by atoms with Crippen molar-refractivity contribution in [2.75, 3.05) is 18.6 Å². The molecule has 0 aromatic carbocycles. The molecule has 72 valence electrons. The summed E-state index contributed by atoms with van der Waals surface area (Å²) in [5.74, 6) is 8.05. The van der Waals surface area contributed by atoms with E-state index in [1.165, 1.54) is 31.5 Å². The van der Waals surface area contributed by atoms with Crippen LogP contribution in [0.1, 0.15) is 19.3 Å². The van der Waals surface area contributed by atoms with E-state index in [0.717, 1.165) is 6.42 Å². The zero-order valence-corrected chi connectivity index (χ0v) is 8.65. The van der Waals surface area contributed by atoms with Crippen LogP contribution in [0.2, 0.25) is 0 Å². The van der Waals surface area contributed by atoms with Crippen molar-refractivity contribution >= 4 is 17.7 Å². The van der Waals surface area contributed by atoms with Gasteiger partial charge in [-0.2, -0.15) is 11.8 Å². The summed E-state index contributed by atoms with van der Waals surface area (Å²) < 4.78 is 4.42. The third kappa shape index (κ3) is 4.23. The van der Waals surface area contributed by atoms with E-state index in [4.69, 9.17) is 0 Å². The molecule has 0 saturated carbocycles. The van der Waals surface area contributed by atoms with Crippen LogP contribution >= 0.6 is 11.8 Å². The van der Waals surface area contributed by atoms with Crippen molar-refractivity contribution in [3.8, 4) is 11.8 Å². The molecule has 1 saturated heterocycles. The van der Waals surface area contributed by atoms with Crippen LogP contribution in [-0.4, -0.2) is 24.6 Å². The lowest BCUT2D eigenvalue weighted by Gasteiger charge is -2.18. The molecule has 0 aromatic heterocycles. The molecule has 3 heteroatoms. The molecule has 1 aliphatic heterocycles. The van der Waals surface area contributed by atoms with Gasteiger partial charge in [-0.05, 0) is 30.3 Å². The van der Waals surface area contributed by atoms with Crippen LogP contribution in [0.5, 0.6) is 0 Å². The van der Waals surface area contributed by atoms with E-state index in [0.29, 0.717) is 5.92 Å². The molecule has 1 atom stereocenters. The van der Waals surface area contributed by atoms with Crippen LogP contribution in [0.15, 0.2) is 0 Å². The lowest BCUT2D eigenvalue weighted by Crippen LogP contribution is -2.09. The zero-order valence-electron chi connectivity index (χ0n) is 7.84. The van der Waals surface area contributed by atoms with Crippen molar-refractivity contribution in [1.29, 1.82) is 0 Å². The van der Waals surface area contributed by atoms with Crippen LogP contribution in [-0.2, 0) is 9.53 Å². The van der Waals surface area contributed by atoms with Crippen molar-refractivity contribution in [1.82, 2.24) is 0 Å². The standard InChI is InChI=1S/C10H14O2S/c1-12-10(11)6-2-4-9-5-3-7-13-8-9/h9H,3-5,7-8H2,1H3. The van der Waals surface area contributed by atoms with Gasteiger partial charge in [-0.1, -0.05) is 5.92 Å². The minimum absolute atomic E-state index is 0.427. The third-order valence-electron chi connectivity index (χ3n) is 2.02. The van der Waals surface area contributed by atoms with Gasteiger partial charge in [0.1, 0.15) is 0 Å². The summed E-state index contributed by atoms with van der Waals surface area (Å²) in [7, 11) is 1.35. The Kier molecular flexibility index (Phi) is 4.77. The molecule has 1 unspecified atom stereocenters. The Morgan fingerprint density at radius 3 is 3.15 bits per heavy atom. The minimum Gasteiger partial charge on any atom is -0.459 e. The smallest absolute Gasteiger partial charge is 0.384 e. The van der Waals surface area contributed by atoms with Crippen molar-refractivity contribution in [2.24, 2.45) is 5.92 Å². The van der Waals surface area contributed by atoms with Gasteiger partial charge in [0.25, 0.3) is 0 Å². The highest BCUT2D eigenvalue weighted by molar-refractivity contribution is 7.99. The van der Waals surface area contributed by atoms with Crippen molar-refractivity contribution in [3.05, 3.63) is 0 Å². The fourth-order valence-corrected chi connectivity index (χ4v) is 2.44. The fourth-order valence-electron chi connectivity index (χ4n) is 1.29. The van der Waals surface area contributed by atoms with Gasteiger partial charge in [-0.25, -0.2) is 4.79 Å². The van der Waals surface area contributed by atoms with E-state index in [1.54, 1.807) is 0 Å². The van der Waals surface area contributed by atoms with Crippen molar-refractivity contribution < 1.29 is 9.53 Å². The Balaban J connectivity index is 2.22. The molecule has 0 bridgehead atoms. The molecule has 0 amide bonds. The predicted molar refractivity (Wildman–Crippen MR) is 54.5 cm³/mol. The van der Waals surface area contributed by atoms with Gasteiger partial charge in [0.05, 0.1) is 7.11 Å². The van der Waals surface area contributed by atoms with Gasteiger partial charge in [-0.15, -0.1) is 0 Å². The first-order valence-corrected chi connectivity index (χ1v) is 5.63. The maximum Gasteiger partial charge on any atom is 0.384 e. The lowest BCUT2D eigenvalue weighted by atomic mass is 10.0. The summed E-state index contributed by atoms with van der Waals surface area (Å²) in [5.41, 5.74) is 0. The van der Waals surface area contributed by atoms with Gasteiger partial charge < -0.3 is 4.74 Å². The van der Waals surface area contributed by atoms with Crippen LogP contribution in [0, 0.1) is 17.8 Å². The molecule has 0 aromatic rings. The summed E-state index contributed by atoms with van der Waals surface area (Å²) in [6, 6.07) is 0. The molecule has 13 heavy (non-hydrogen) atoms. The second kappa shape index (κ2) is 5.93. The number of hydrogen-bond donors (Lipinski definition) is 0. The van der Waals surface area contributed by atoms with E-state index < -0.39 is 5.97 Å². The van der Waals surface area contributed by atoms with Crippen LogP contribution in [0.4, 0.5) is 0 Å². The molecule has 1 rings (SSSR count). The number of methoxy groups -OCH3 is 1. The number of esters is 1. The molecule has 2 nitrogen and oxygen atoms in total. The summed E-state index contributed by atoms with van der Waals surface area (Å²) in [6.45, 7) is 0. The second-order valence-corrected chi connectivity index (χ2v) is 4.23. The molecular formula is C10H14O2S. The molecule has 0 aliphatic carbocycles. The first kappa shape index (κ1) is 10.5. The Labute approximate surface area is 83.4 Å². The minimum atomic E-state index is -0.427. The molecule has 0 N–H and O–H groups in total. The Hall–Kier alpha value is -0.620. The number of hydrogen-bond acceptors (Lipinski definition) is 3. The monoisotopic (exact) mass is 198 g/mol. The van der Waals surface area contributed by atoms with Crippen molar-refractivity contribution in [2.45, 2.75) is 19.3 Å². The first-order valence-electron chi connectivity index (χ1n) is 4.47. The maximum atomic E-state index is 10.7. The SMILES string of the molecule is COC(=O)C#CCC1CCCSC1. The number of carbonyl (C=O) groups is 1. The lowest BCUT2D eigenvalue weighted by molar-refractivity contribution is -0.133. The average Bonchev–Trinajstić information content (AvgIpc) is 2.19. The number of rotatable bonds is 1. The summed E-state index contributed by atoms with van der Waals surface area (Å²) in [5, 5.41) is 0. The zero-order chi connectivity index (χ0) is 9.52. The Morgan fingerprint density at radius 2 is 2.54 bits per heavy atom. The summed E-state index contributed by atoms with van der Waals surface area (Å²) in [4.78, 5) is 10.7.